The Kier molecular flexibility index (Phi) is 3.30. The van der Waals surface area contributed by atoms with E-state index in [4.69, 9.17) is 11.6 Å². The minimum absolute atomic E-state index is 0.0387. The van der Waals surface area contributed by atoms with Gasteiger partial charge in [0.2, 0.25) is 0 Å². The van der Waals surface area contributed by atoms with Crippen molar-refractivity contribution in [2.24, 2.45) is 0 Å². The van der Waals surface area contributed by atoms with E-state index < -0.39 is 10.7 Å². The molecule has 0 aliphatic carbocycles. The van der Waals surface area contributed by atoms with Gasteiger partial charge in [0.05, 0.1) is 4.92 Å². The molecule has 0 fully saturated rings. The molecule has 0 radical (unpaired) electrons. The Morgan fingerprint density at radius 1 is 1.22 bits per heavy atom. The van der Waals surface area contributed by atoms with Gasteiger partial charge in [0, 0.05) is 11.6 Å². The summed E-state index contributed by atoms with van der Waals surface area (Å²) in [6.45, 7) is 1.83. The standard InChI is InChI=1S/C13H9ClFNO2/c1-8-2-5-12(15)10(6-8)9-3-4-11(14)13(7-9)16(17)18/h2-7H,1H3. The lowest BCUT2D eigenvalue weighted by atomic mass is 10.0. The molecule has 0 aliphatic rings. The number of nitro groups is 1. The van der Waals surface area contributed by atoms with Crippen LogP contribution in [0.1, 0.15) is 5.56 Å². The third-order valence-electron chi connectivity index (χ3n) is 2.58. The Hall–Kier alpha value is -1.94. The van der Waals surface area contributed by atoms with Crippen molar-refractivity contribution in [3.8, 4) is 11.1 Å². The summed E-state index contributed by atoms with van der Waals surface area (Å²) in [6.07, 6.45) is 0. The van der Waals surface area contributed by atoms with E-state index in [1.54, 1.807) is 18.2 Å². The third-order valence-corrected chi connectivity index (χ3v) is 2.90. The van der Waals surface area contributed by atoms with Crippen molar-refractivity contribution in [1.82, 2.24) is 0 Å². The fraction of sp³-hybridized carbons (Fsp3) is 0.0769. The molecule has 5 heteroatoms. The Bertz CT molecular complexity index is 628. The minimum atomic E-state index is -0.584. The fourth-order valence-corrected chi connectivity index (χ4v) is 1.87. The lowest BCUT2D eigenvalue weighted by molar-refractivity contribution is -0.384. The van der Waals surface area contributed by atoms with E-state index in [0.717, 1.165) is 5.56 Å². The van der Waals surface area contributed by atoms with E-state index in [-0.39, 0.29) is 10.7 Å². The lowest BCUT2D eigenvalue weighted by Gasteiger charge is -2.05. The molecule has 0 aromatic heterocycles. The summed E-state index contributed by atoms with van der Waals surface area (Å²) >= 11 is 5.71. The molecule has 0 saturated carbocycles. The number of hydrogen-bond acceptors (Lipinski definition) is 2. The van der Waals surface area contributed by atoms with Crippen LogP contribution in [0.25, 0.3) is 11.1 Å². The van der Waals surface area contributed by atoms with Crippen LogP contribution in [0.5, 0.6) is 0 Å². The zero-order valence-electron chi connectivity index (χ0n) is 9.48. The molecule has 2 rings (SSSR count). The number of halogens is 2. The molecular weight excluding hydrogens is 257 g/mol. The van der Waals surface area contributed by atoms with Gasteiger partial charge in [-0.2, -0.15) is 0 Å². The first-order valence-corrected chi connectivity index (χ1v) is 5.57. The van der Waals surface area contributed by atoms with E-state index in [9.17, 15) is 14.5 Å². The van der Waals surface area contributed by atoms with Gasteiger partial charge in [0.1, 0.15) is 10.8 Å². The molecule has 3 nitrogen and oxygen atoms in total. The first kappa shape index (κ1) is 12.5. The van der Waals surface area contributed by atoms with E-state index in [1.165, 1.54) is 18.2 Å². The van der Waals surface area contributed by atoms with Crippen molar-refractivity contribution in [2.75, 3.05) is 0 Å². The molecule has 2 aromatic carbocycles. The Morgan fingerprint density at radius 2 is 1.94 bits per heavy atom. The smallest absolute Gasteiger partial charge is 0.258 e. The highest BCUT2D eigenvalue weighted by atomic mass is 35.5. The monoisotopic (exact) mass is 265 g/mol. The zero-order chi connectivity index (χ0) is 13.3. The van der Waals surface area contributed by atoms with Crippen molar-refractivity contribution < 1.29 is 9.31 Å². The van der Waals surface area contributed by atoms with Gasteiger partial charge in [-0.15, -0.1) is 0 Å². The second-order valence-electron chi connectivity index (χ2n) is 3.91. The molecular formula is C13H9ClFNO2. The molecule has 92 valence electrons. The average Bonchev–Trinajstić information content (AvgIpc) is 2.33. The van der Waals surface area contributed by atoms with Crippen LogP contribution in [0.2, 0.25) is 5.02 Å². The topological polar surface area (TPSA) is 43.1 Å². The molecule has 0 N–H and O–H groups in total. The molecule has 0 unspecified atom stereocenters. The van der Waals surface area contributed by atoms with Gasteiger partial charge in [-0.1, -0.05) is 29.3 Å². The summed E-state index contributed by atoms with van der Waals surface area (Å²) in [6, 6.07) is 8.86. The van der Waals surface area contributed by atoms with Gasteiger partial charge >= 0.3 is 0 Å². The highest BCUT2D eigenvalue weighted by Crippen LogP contribution is 2.31. The van der Waals surface area contributed by atoms with Gasteiger partial charge in [0.25, 0.3) is 5.69 Å². The summed E-state index contributed by atoms with van der Waals surface area (Å²) in [7, 11) is 0. The molecule has 0 amide bonds. The number of nitrogens with zero attached hydrogens (tertiary/aromatic N) is 1. The summed E-state index contributed by atoms with van der Waals surface area (Å²) in [5.74, 6) is -0.419. The summed E-state index contributed by atoms with van der Waals surface area (Å²) < 4.78 is 13.7. The summed E-state index contributed by atoms with van der Waals surface area (Å²) in [4.78, 5) is 10.2. The lowest BCUT2D eigenvalue weighted by Crippen LogP contribution is -1.91. The van der Waals surface area contributed by atoms with E-state index in [2.05, 4.69) is 0 Å². The maximum Gasteiger partial charge on any atom is 0.288 e. The van der Waals surface area contributed by atoms with Crippen molar-refractivity contribution in [3.05, 3.63) is 62.9 Å². The van der Waals surface area contributed by atoms with Crippen LogP contribution >= 0.6 is 11.6 Å². The van der Waals surface area contributed by atoms with Crippen LogP contribution in [-0.2, 0) is 0 Å². The Labute approximate surface area is 108 Å². The number of rotatable bonds is 2. The number of nitro benzene ring substituents is 1. The average molecular weight is 266 g/mol. The number of benzene rings is 2. The third kappa shape index (κ3) is 2.33. The second-order valence-corrected chi connectivity index (χ2v) is 4.31. The summed E-state index contributed by atoms with van der Waals surface area (Å²) in [5, 5.41) is 10.8. The van der Waals surface area contributed by atoms with Gasteiger partial charge in [0.15, 0.2) is 0 Å². The fourth-order valence-electron chi connectivity index (χ4n) is 1.68. The SMILES string of the molecule is Cc1ccc(F)c(-c2ccc(Cl)c([N+](=O)[O-])c2)c1. The minimum Gasteiger partial charge on any atom is -0.258 e. The van der Waals surface area contributed by atoms with Crippen LogP contribution in [0.3, 0.4) is 0 Å². The van der Waals surface area contributed by atoms with Gasteiger partial charge in [-0.25, -0.2) is 4.39 Å². The maximum absolute atomic E-state index is 13.7. The summed E-state index contributed by atoms with van der Waals surface area (Å²) in [5.41, 5.74) is 1.42. The highest BCUT2D eigenvalue weighted by molar-refractivity contribution is 6.32. The van der Waals surface area contributed by atoms with Crippen LogP contribution in [0.4, 0.5) is 10.1 Å². The van der Waals surface area contributed by atoms with Crippen LogP contribution < -0.4 is 0 Å². The Morgan fingerprint density at radius 3 is 2.61 bits per heavy atom. The van der Waals surface area contributed by atoms with Crippen molar-refractivity contribution >= 4 is 17.3 Å². The quantitative estimate of drug-likeness (QED) is 0.598. The molecule has 0 saturated heterocycles. The van der Waals surface area contributed by atoms with Crippen molar-refractivity contribution in [2.45, 2.75) is 6.92 Å². The van der Waals surface area contributed by atoms with Crippen LogP contribution in [0, 0.1) is 22.9 Å². The van der Waals surface area contributed by atoms with Gasteiger partial charge in [-0.3, -0.25) is 10.1 Å². The molecule has 0 bridgehead atoms. The molecule has 0 aliphatic heterocycles. The second kappa shape index (κ2) is 4.74. The highest BCUT2D eigenvalue weighted by Gasteiger charge is 2.15. The van der Waals surface area contributed by atoms with E-state index in [1.807, 2.05) is 6.92 Å². The predicted molar refractivity (Wildman–Crippen MR) is 68.2 cm³/mol. The molecule has 0 spiro atoms. The predicted octanol–water partition coefficient (Wildman–Crippen LogP) is 4.36. The van der Waals surface area contributed by atoms with E-state index >= 15 is 0 Å². The van der Waals surface area contributed by atoms with Gasteiger partial charge < -0.3 is 0 Å². The molecule has 0 heterocycles. The van der Waals surface area contributed by atoms with E-state index in [0.29, 0.717) is 11.1 Å². The van der Waals surface area contributed by atoms with Crippen molar-refractivity contribution in [3.63, 3.8) is 0 Å². The van der Waals surface area contributed by atoms with Crippen LogP contribution in [0.15, 0.2) is 36.4 Å². The van der Waals surface area contributed by atoms with Crippen molar-refractivity contribution in [1.29, 1.82) is 0 Å². The maximum atomic E-state index is 13.7. The first-order chi connectivity index (χ1) is 8.49. The number of aryl methyl sites for hydroxylation is 1. The molecule has 18 heavy (non-hydrogen) atoms. The largest absolute Gasteiger partial charge is 0.288 e. The van der Waals surface area contributed by atoms with Gasteiger partial charge in [-0.05, 0) is 30.7 Å². The zero-order valence-corrected chi connectivity index (χ0v) is 10.2. The number of hydrogen-bond donors (Lipinski definition) is 0. The molecule has 0 atom stereocenters. The first-order valence-electron chi connectivity index (χ1n) is 5.19. The Balaban J connectivity index is 2.61. The normalized spacial score (nSPS) is 10.4. The van der Waals surface area contributed by atoms with Crippen LogP contribution in [-0.4, -0.2) is 4.92 Å². The molecule has 2 aromatic rings.